The van der Waals surface area contributed by atoms with Crippen molar-refractivity contribution in [2.24, 2.45) is 5.73 Å². The van der Waals surface area contributed by atoms with Gasteiger partial charge in [-0.05, 0) is 76.3 Å². The first-order valence-corrected chi connectivity index (χ1v) is 14.1. The minimum Gasteiger partial charge on any atom is -0.478 e. The van der Waals surface area contributed by atoms with E-state index >= 15 is 0 Å². The Balaban J connectivity index is 1.37. The van der Waals surface area contributed by atoms with Crippen LogP contribution in [0.4, 0.5) is 0 Å². The van der Waals surface area contributed by atoms with E-state index in [1.807, 2.05) is 43.9 Å². The SMILES string of the molecule is CC(C)(C)OC(=O)C(N)C1(c2cccc(Cl)c2)CCC(N2CCn3c(nnc3-c3cccc(C(=O)O)c3)C2=O)CC1. The van der Waals surface area contributed by atoms with Crippen molar-refractivity contribution in [3.05, 3.63) is 70.5 Å². The molecule has 1 unspecified atom stereocenters. The lowest BCUT2D eigenvalue weighted by Gasteiger charge is -2.47. The molecule has 11 heteroatoms. The molecule has 0 saturated heterocycles. The summed E-state index contributed by atoms with van der Waals surface area (Å²) in [5, 5.41) is 18.3. The predicted molar refractivity (Wildman–Crippen MR) is 153 cm³/mol. The number of amides is 1. The summed E-state index contributed by atoms with van der Waals surface area (Å²) in [4.78, 5) is 40.0. The molecular formula is C30H34ClN5O5. The van der Waals surface area contributed by atoms with Gasteiger partial charge in [0, 0.05) is 35.1 Å². The van der Waals surface area contributed by atoms with Crippen LogP contribution in [0.2, 0.25) is 5.02 Å². The number of hydrogen-bond acceptors (Lipinski definition) is 7. The van der Waals surface area contributed by atoms with Crippen molar-refractivity contribution in [1.29, 1.82) is 0 Å². The molecule has 0 radical (unpaired) electrons. The number of nitrogens with zero attached hydrogens (tertiary/aromatic N) is 4. The van der Waals surface area contributed by atoms with E-state index in [4.69, 9.17) is 22.1 Å². The van der Waals surface area contributed by atoms with Crippen LogP contribution in [0.25, 0.3) is 11.4 Å². The number of rotatable bonds is 6. The van der Waals surface area contributed by atoms with Crippen LogP contribution in [0.15, 0.2) is 48.5 Å². The third-order valence-corrected chi connectivity index (χ3v) is 8.31. The van der Waals surface area contributed by atoms with Crippen molar-refractivity contribution >= 4 is 29.4 Å². The smallest absolute Gasteiger partial charge is 0.335 e. The van der Waals surface area contributed by atoms with Crippen LogP contribution in [0.1, 0.15) is 73.0 Å². The predicted octanol–water partition coefficient (Wildman–Crippen LogP) is 4.30. The molecule has 1 atom stereocenters. The van der Waals surface area contributed by atoms with Gasteiger partial charge in [0.1, 0.15) is 11.6 Å². The number of carboxylic acids is 1. The van der Waals surface area contributed by atoms with Gasteiger partial charge in [0.15, 0.2) is 5.82 Å². The van der Waals surface area contributed by atoms with Crippen molar-refractivity contribution in [2.75, 3.05) is 6.54 Å². The Hall–Kier alpha value is -3.76. The molecule has 41 heavy (non-hydrogen) atoms. The number of nitrogens with two attached hydrogens (primary N) is 1. The molecule has 3 aromatic rings. The summed E-state index contributed by atoms with van der Waals surface area (Å²) in [5.74, 6) is -1.03. The fraction of sp³-hybridized carbons (Fsp3) is 0.433. The molecule has 0 bridgehead atoms. The molecule has 0 spiro atoms. The van der Waals surface area contributed by atoms with Crippen molar-refractivity contribution < 1.29 is 24.2 Å². The van der Waals surface area contributed by atoms with Gasteiger partial charge >= 0.3 is 11.9 Å². The molecule has 1 aliphatic heterocycles. The highest BCUT2D eigenvalue weighted by Gasteiger charge is 2.48. The largest absolute Gasteiger partial charge is 0.478 e. The van der Waals surface area contributed by atoms with E-state index in [2.05, 4.69) is 10.2 Å². The minimum absolute atomic E-state index is 0.0649. The number of aromatic carboxylic acids is 1. The maximum Gasteiger partial charge on any atom is 0.335 e. The zero-order valence-electron chi connectivity index (χ0n) is 23.3. The van der Waals surface area contributed by atoms with Gasteiger partial charge in [-0.2, -0.15) is 0 Å². The Kier molecular flexibility index (Phi) is 7.65. The van der Waals surface area contributed by atoms with E-state index in [1.165, 1.54) is 12.1 Å². The lowest BCUT2D eigenvalue weighted by Crippen LogP contribution is -2.57. The van der Waals surface area contributed by atoms with Gasteiger partial charge in [-0.15, -0.1) is 10.2 Å². The highest BCUT2D eigenvalue weighted by atomic mass is 35.5. The van der Waals surface area contributed by atoms with Crippen molar-refractivity contribution in [3.63, 3.8) is 0 Å². The van der Waals surface area contributed by atoms with Crippen LogP contribution < -0.4 is 5.73 Å². The van der Waals surface area contributed by atoms with Gasteiger partial charge in [-0.3, -0.25) is 9.59 Å². The second-order valence-corrected chi connectivity index (χ2v) is 12.2. The number of benzene rings is 2. The summed E-state index contributed by atoms with van der Waals surface area (Å²) in [6.07, 6.45) is 2.41. The Morgan fingerprint density at radius 2 is 1.76 bits per heavy atom. The number of carbonyl (C=O) groups excluding carboxylic acids is 2. The topological polar surface area (TPSA) is 141 Å². The van der Waals surface area contributed by atoms with E-state index in [-0.39, 0.29) is 23.3 Å². The first kappa shape index (κ1) is 28.8. The molecule has 1 aromatic heterocycles. The monoisotopic (exact) mass is 579 g/mol. The summed E-state index contributed by atoms with van der Waals surface area (Å²) in [6.45, 7) is 6.39. The van der Waals surface area contributed by atoms with Crippen LogP contribution in [0.3, 0.4) is 0 Å². The molecule has 1 saturated carbocycles. The number of carbonyl (C=O) groups is 3. The maximum absolute atomic E-state index is 13.6. The molecule has 5 rings (SSSR count). The number of carboxylic acid groups (broad SMARTS) is 1. The van der Waals surface area contributed by atoms with Crippen LogP contribution in [0.5, 0.6) is 0 Å². The molecule has 1 fully saturated rings. The van der Waals surface area contributed by atoms with Crippen LogP contribution in [0, 0.1) is 0 Å². The molecule has 3 N–H and O–H groups in total. The third kappa shape index (κ3) is 5.58. The lowest BCUT2D eigenvalue weighted by atomic mass is 9.63. The average molecular weight is 580 g/mol. The van der Waals surface area contributed by atoms with Gasteiger partial charge < -0.3 is 25.0 Å². The van der Waals surface area contributed by atoms with E-state index in [0.29, 0.717) is 55.2 Å². The van der Waals surface area contributed by atoms with E-state index in [9.17, 15) is 19.5 Å². The molecular weight excluding hydrogens is 546 g/mol. The van der Waals surface area contributed by atoms with E-state index < -0.39 is 29.0 Å². The molecule has 2 aromatic carbocycles. The fourth-order valence-corrected chi connectivity index (χ4v) is 6.25. The summed E-state index contributed by atoms with van der Waals surface area (Å²) < 4.78 is 7.42. The highest BCUT2D eigenvalue weighted by molar-refractivity contribution is 6.30. The minimum atomic E-state index is -1.04. The molecule has 2 heterocycles. The maximum atomic E-state index is 13.6. The second kappa shape index (κ2) is 10.9. The summed E-state index contributed by atoms with van der Waals surface area (Å²) in [5.41, 5.74) is 6.91. The standard InChI is InChI=1S/C30H34ClN5O5/c1-29(2,3)41-28(40)23(32)30(20-8-5-9-21(31)17-20)12-10-22(11-13-30)35-14-15-36-24(33-34-25(36)26(35)37)18-6-4-7-19(16-18)27(38)39/h4-9,16-17,22-23H,10-15,32H2,1-3H3,(H,38,39). The lowest BCUT2D eigenvalue weighted by molar-refractivity contribution is -0.159. The van der Waals surface area contributed by atoms with Crippen LogP contribution in [-0.4, -0.2) is 66.8 Å². The molecule has 2 aliphatic rings. The quantitative estimate of drug-likeness (QED) is 0.412. The van der Waals surface area contributed by atoms with Crippen LogP contribution >= 0.6 is 11.6 Å². The zero-order valence-corrected chi connectivity index (χ0v) is 24.1. The van der Waals surface area contributed by atoms with Gasteiger partial charge in [0.05, 0.1) is 5.56 Å². The Morgan fingerprint density at radius 1 is 1.07 bits per heavy atom. The number of esters is 1. The summed E-state index contributed by atoms with van der Waals surface area (Å²) in [6, 6.07) is 12.9. The first-order chi connectivity index (χ1) is 19.4. The summed E-state index contributed by atoms with van der Waals surface area (Å²) >= 11 is 6.35. The highest BCUT2D eigenvalue weighted by Crippen LogP contribution is 2.44. The number of fused-ring (bicyclic) bond motifs is 1. The number of hydrogen-bond donors (Lipinski definition) is 2. The zero-order chi connectivity index (χ0) is 29.5. The van der Waals surface area contributed by atoms with Crippen molar-refractivity contribution in [1.82, 2.24) is 19.7 Å². The van der Waals surface area contributed by atoms with Gasteiger partial charge in [0.2, 0.25) is 5.82 Å². The number of ether oxygens (including phenoxy) is 1. The van der Waals surface area contributed by atoms with Crippen LogP contribution in [-0.2, 0) is 21.5 Å². The first-order valence-electron chi connectivity index (χ1n) is 13.7. The number of halogens is 1. The average Bonchev–Trinajstić information content (AvgIpc) is 3.37. The summed E-state index contributed by atoms with van der Waals surface area (Å²) in [7, 11) is 0. The molecule has 216 valence electrons. The molecule has 10 nitrogen and oxygen atoms in total. The number of aromatic nitrogens is 3. The van der Waals surface area contributed by atoms with E-state index in [1.54, 1.807) is 22.8 Å². The van der Waals surface area contributed by atoms with Crippen molar-refractivity contribution in [3.8, 4) is 11.4 Å². The van der Waals surface area contributed by atoms with Crippen molar-refractivity contribution in [2.45, 2.75) is 76.1 Å². The van der Waals surface area contributed by atoms with Gasteiger partial charge in [0.25, 0.3) is 5.91 Å². The normalized spacial score (nSPS) is 21.7. The van der Waals surface area contributed by atoms with Gasteiger partial charge in [-0.1, -0.05) is 35.9 Å². The van der Waals surface area contributed by atoms with Gasteiger partial charge in [-0.25, -0.2) is 4.79 Å². The van der Waals surface area contributed by atoms with E-state index in [0.717, 1.165) is 5.56 Å². The Morgan fingerprint density at radius 3 is 2.41 bits per heavy atom. The fourth-order valence-electron chi connectivity index (χ4n) is 6.06. The third-order valence-electron chi connectivity index (χ3n) is 8.08. The second-order valence-electron chi connectivity index (χ2n) is 11.8. The Bertz CT molecular complexity index is 1490. The molecule has 1 amide bonds. The molecule has 1 aliphatic carbocycles. The Labute approximate surface area is 243 Å².